The van der Waals surface area contributed by atoms with Crippen molar-refractivity contribution in [3.8, 4) is 0 Å². The molecule has 0 saturated heterocycles. The summed E-state index contributed by atoms with van der Waals surface area (Å²) in [5.41, 5.74) is 2.11. The van der Waals surface area contributed by atoms with E-state index >= 15 is 0 Å². The molecule has 5 nitrogen and oxygen atoms in total. The van der Waals surface area contributed by atoms with Gasteiger partial charge in [0.2, 0.25) is 0 Å². The highest BCUT2D eigenvalue weighted by atomic mass is 16.3. The zero-order chi connectivity index (χ0) is 14.7. The van der Waals surface area contributed by atoms with E-state index in [0.717, 1.165) is 36.2 Å². The maximum atomic E-state index is 5.68. The number of hydrogen-bond acceptors (Lipinski definition) is 4. The van der Waals surface area contributed by atoms with Gasteiger partial charge in [0.1, 0.15) is 17.7 Å². The van der Waals surface area contributed by atoms with Crippen molar-refractivity contribution in [1.82, 2.24) is 20.1 Å². The Labute approximate surface area is 124 Å². The number of aromatic nitrogens is 3. The van der Waals surface area contributed by atoms with E-state index in [4.69, 9.17) is 4.42 Å². The van der Waals surface area contributed by atoms with Crippen LogP contribution in [0.1, 0.15) is 30.8 Å². The lowest BCUT2D eigenvalue weighted by Crippen LogP contribution is -2.25. The number of para-hydroxylation sites is 1. The van der Waals surface area contributed by atoms with Crippen molar-refractivity contribution in [3.63, 3.8) is 0 Å². The van der Waals surface area contributed by atoms with E-state index in [0.29, 0.717) is 0 Å². The van der Waals surface area contributed by atoms with Crippen LogP contribution in [0.25, 0.3) is 11.0 Å². The summed E-state index contributed by atoms with van der Waals surface area (Å²) in [4.78, 5) is 4.33. The van der Waals surface area contributed by atoms with Crippen LogP contribution in [0.3, 0.4) is 0 Å². The smallest absolute Gasteiger partial charge is 0.138 e. The van der Waals surface area contributed by atoms with Gasteiger partial charge >= 0.3 is 0 Å². The van der Waals surface area contributed by atoms with Crippen LogP contribution < -0.4 is 5.32 Å². The van der Waals surface area contributed by atoms with Crippen molar-refractivity contribution >= 4 is 11.0 Å². The molecule has 1 N–H and O–H groups in total. The number of nitrogens with one attached hydrogen (secondary N) is 1. The van der Waals surface area contributed by atoms with E-state index in [9.17, 15) is 0 Å². The third-order valence-electron chi connectivity index (χ3n) is 3.72. The van der Waals surface area contributed by atoms with E-state index in [1.807, 2.05) is 36.2 Å². The average Bonchev–Trinajstić information content (AvgIpc) is 3.10. The van der Waals surface area contributed by atoms with Crippen LogP contribution in [0.15, 0.2) is 41.3 Å². The highest BCUT2D eigenvalue weighted by Crippen LogP contribution is 2.28. The minimum atomic E-state index is 0.177. The Kier molecular flexibility index (Phi) is 4.01. The number of fused-ring (bicyclic) bond motifs is 1. The molecule has 0 bridgehead atoms. The van der Waals surface area contributed by atoms with Crippen molar-refractivity contribution < 1.29 is 4.42 Å². The molecule has 0 amide bonds. The summed E-state index contributed by atoms with van der Waals surface area (Å²) in [6.07, 6.45) is 5.33. The van der Waals surface area contributed by atoms with Gasteiger partial charge in [-0.25, -0.2) is 4.98 Å². The third-order valence-corrected chi connectivity index (χ3v) is 3.72. The first kappa shape index (κ1) is 13.8. The van der Waals surface area contributed by atoms with Gasteiger partial charge in [0.05, 0.1) is 6.26 Å². The molecule has 0 saturated carbocycles. The van der Waals surface area contributed by atoms with E-state index in [1.165, 1.54) is 5.56 Å². The molecule has 2 heterocycles. The Morgan fingerprint density at radius 3 is 2.95 bits per heavy atom. The highest BCUT2D eigenvalue weighted by molar-refractivity contribution is 5.81. The topological polar surface area (TPSA) is 55.9 Å². The van der Waals surface area contributed by atoms with Crippen molar-refractivity contribution in [2.24, 2.45) is 7.05 Å². The predicted molar refractivity (Wildman–Crippen MR) is 82.0 cm³/mol. The molecule has 2 aromatic heterocycles. The average molecular weight is 284 g/mol. The number of furan rings is 1. The van der Waals surface area contributed by atoms with Crippen molar-refractivity contribution in [2.45, 2.75) is 25.8 Å². The molecule has 1 aromatic carbocycles. The van der Waals surface area contributed by atoms with Gasteiger partial charge in [-0.05, 0) is 19.0 Å². The van der Waals surface area contributed by atoms with Crippen LogP contribution in [-0.4, -0.2) is 21.3 Å². The Morgan fingerprint density at radius 2 is 2.19 bits per heavy atom. The van der Waals surface area contributed by atoms with Gasteiger partial charge in [0.25, 0.3) is 0 Å². The maximum Gasteiger partial charge on any atom is 0.138 e. The Bertz CT molecular complexity index is 716. The molecule has 5 heteroatoms. The lowest BCUT2D eigenvalue weighted by Gasteiger charge is -2.17. The van der Waals surface area contributed by atoms with Crippen LogP contribution in [0, 0.1) is 0 Å². The molecule has 0 aliphatic rings. The molecule has 0 aliphatic carbocycles. The molecule has 1 atom stereocenters. The minimum absolute atomic E-state index is 0.177. The molecule has 0 fully saturated rings. The van der Waals surface area contributed by atoms with Gasteiger partial charge in [0, 0.05) is 30.5 Å². The Hall–Kier alpha value is -2.14. The second kappa shape index (κ2) is 6.10. The standard InChI is InChI=1S/C16H20N4O/c1-3-8-17-14(9-16-18-11-19-20(16)2)13-10-21-15-7-5-4-6-12(13)15/h4-7,10-11,14,17H,3,8-9H2,1-2H3. The first-order valence-corrected chi connectivity index (χ1v) is 7.32. The number of aryl methyl sites for hydroxylation is 1. The first-order valence-electron chi connectivity index (χ1n) is 7.32. The minimum Gasteiger partial charge on any atom is -0.464 e. The summed E-state index contributed by atoms with van der Waals surface area (Å²) in [5, 5.41) is 8.90. The van der Waals surface area contributed by atoms with E-state index in [2.05, 4.69) is 28.4 Å². The van der Waals surface area contributed by atoms with E-state index in [1.54, 1.807) is 6.33 Å². The largest absolute Gasteiger partial charge is 0.464 e. The normalized spacial score (nSPS) is 12.9. The van der Waals surface area contributed by atoms with Crippen LogP contribution >= 0.6 is 0 Å². The van der Waals surface area contributed by atoms with Crippen LogP contribution in [-0.2, 0) is 13.5 Å². The quantitative estimate of drug-likeness (QED) is 0.756. The molecule has 21 heavy (non-hydrogen) atoms. The zero-order valence-electron chi connectivity index (χ0n) is 12.4. The van der Waals surface area contributed by atoms with Crippen LogP contribution in [0.5, 0.6) is 0 Å². The van der Waals surface area contributed by atoms with Crippen molar-refractivity contribution in [1.29, 1.82) is 0 Å². The monoisotopic (exact) mass is 284 g/mol. The Morgan fingerprint density at radius 1 is 1.33 bits per heavy atom. The van der Waals surface area contributed by atoms with Crippen molar-refractivity contribution in [3.05, 3.63) is 48.2 Å². The van der Waals surface area contributed by atoms with E-state index in [-0.39, 0.29) is 6.04 Å². The number of rotatable bonds is 6. The third kappa shape index (κ3) is 2.83. The number of hydrogen-bond donors (Lipinski definition) is 1. The SMILES string of the molecule is CCCNC(Cc1ncnn1C)c1coc2ccccc12. The number of benzene rings is 1. The molecule has 0 spiro atoms. The van der Waals surface area contributed by atoms with Crippen LogP contribution in [0.4, 0.5) is 0 Å². The predicted octanol–water partition coefficient (Wildman–Crippen LogP) is 2.84. The molecular weight excluding hydrogens is 264 g/mol. The second-order valence-electron chi connectivity index (χ2n) is 5.20. The summed E-state index contributed by atoms with van der Waals surface area (Å²) in [5.74, 6) is 0.967. The summed E-state index contributed by atoms with van der Waals surface area (Å²) in [6, 6.07) is 8.31. The second-order valence-corrected chi connectivity index (χ2v) is 5.20. The summed E-state index contributed by atoms with van der Waals surface area (Å²) in [7, 11) is 1.92. The lowest BCUT2D eigenvalue weighted by molar-refractivity contribution is 0.500. The van der Waals surface area contributed by atoms with Gasteiger partial charge in [-0.2, -0.15) is 5.10 Å². The van der Waals surface area contributed by atoms with Crippen molar-refractivity contribution in [2.75, 3.05) is 6.54 Å². The summed E-state index contributed by atoms with van der Waals surface area (Å²) in [6.45, 7) is 3.13. The molecule has 110 valence electrons. The van der Waals surface area contributed by atoms with Gasteiger partial charge in [0.15, 0.2) is 0 Å². The molecule has 3 aromatic rings. The molecule has 0 radical (unpaired) electrons. The maximum absolute atomic E-state index is 5.68. The molecule has 1 unspecified atom stereocenters. The lowest BCUT2D eigenvalue weighted by atomic mass is 10.0. The fourth-order valence-corrected chi connectivity index (χ4v) is 2.57. The fraction of sp³-hybridized carbons (Fsp3) is 0.375. The van der Waals surface area contributed by atoms with Gasteiger partial charge in [-0.1, -0.05) is 25.1 Å². The van der Waals surface area contributed by atoms with Gasteiger partial charge in [-0.15, -0.1) is 0 Å². The zero-order valence-corrected chi connectivity index (χ0v) is 12.4. The molecule has 0 aliphatic heterocycles. The molecule has 3 rings (SSSR count). The van der Waals surface area contributed by atoms with E-state index < -0.39 is 0 Å². The fourth-order valence-electron chi connectivity index (χ4n) is 2.57. The summed E-state index contributed by atoms with van der Waals surface area (Å²) < 4.78 is 7.50. The molecular formula is C16H20N4O. The summed E-state index contributed by atoms with van der Waals surface area (Å²) >= 11 is 0. The highest BCUT2D eigenvalue weighted by Gasteiger charge is 2.19. The van der Waals surface area contributed by atoms with Gasteiger partial charge in [-0.3, -0.25) is 4.68 Å². The first-order chi connectivity index (χ1) is 10.3. The Balaban J connectivity index is 1.93. The van der Waals surface area contributed by atoms with Crippen LogP contribution in [0.2, 0.25) is 0 Å². The number of nitrogens with zero attached hydrogens (tertiary/aromatic N) is 3. The van der Waals surface area contributed by atoms with Gasteiger partial charge < -0.3 is 9.73 Å².